The Morgan fingerprint density at radius 2 is 1.87 bits per heavy atom. The molecule has 2 aromatic carbocycles. The lowest BCUT2D eigenvalue weighted by molar-refractivity contribution is -0.110. The first-order valence-electron chi connectivity index (χ1n) is 10.1. The van der Waals surface area contributed by atoms with E-state index in [1.54, 1.807) is 13.0 Å². The Kier molecular flexibility index (Phi) is 4.25. The number of aliphatic hydroxyl groups excluding tert-OH is 2. The van der Waals surface area contributed by atoms with E-state index in [1.165, 1.54) is 5.56 Å². The molecule has 2 heterocycles. The number of anilines is 1. The fraction of sp³-hybridized carbons (Fsp3) is 0.250. The summed E-state index contributed by atoms with van der Waals surface area (Å²) in [5, 5.41) is 26.9. The summed E-state index contributed by atoms with van der Waals surface area (Å²) in [5.74, 6) is -0.434. The summed E-state index contributed by atoms with van der Waals surface area (Å²) in [4.78, 5) is 12.5. The second kappa shape index (κ2) is 6.85. The van der Waals surface area contributed by atoms with Crippen molar-refractivity contribution in [3.05, 3.63) is 71.1 Å². The van der Waals surface area contributed by atoms with Crippen LogP contribution in [-0.4, -0.2) is 27.9 Å². The fourth-order valence-corrected chi connectivity index (χ4v) is 4.34. The van der Waals surface area contributed by atoms with Crippen molar-refractivity contribution in [2.45, 2.75) is 31.6 Å². The maximum atomic E-state index is 12.5. The van der Waals surface area contributed by atoms with E-state index in [0.717, 1.165) is 30.4 Å². The van der Waals surface area contributed by atoms with Crippen LogP contribution in [0.1, 0.15) is 41.8 Å². The minimum atomic E-state index is -0.376. The molecule has 6 nitrogen and oxygen atoms in total. The molecule has 3 N–H and O–H groups in total. The Morgan fingerprint density at radius 3 is 2.47 bits per heavy atom. The van der Waals surface area contributed by atoms with Crippen LogP contribution >= 0.6 is 0 Å². The molecule has 0 spiro atoms. The highest BCUT2D eigenvalue weighted by molar-refractivity contribution is 6.36. The van der Waals surface area contributed by atoms with Gasteiger partial charge in [0.2, 0.25) is 5.76 Å². The number of rotatable bonds is 4. The molecule has 2 aliphatic rings. The summed E-state index contributed by atoms with van der Waals surface area (Å²) in [7, 11) is 0. The van der Waals surface area contributed by atoms with Gasteiger partial charge in [0.25, 0.3) is 5.91 Å². The lowest BCUT2D eigenvalue weighted by Gasteiger charge is -2.41. The zero-order chi connectivity index (χ0) is 20.9. The van der Waals surface area contributed by atoms with E-state index in [2.05, 4.69) is 34.7 Å². The van der Waals surface area contributed by atoms with Crippen molar-refractivity contribution in [3.63, 3.8) is 0 Å². The van der Waals surface area contributed by atoms with Gasteiger partial charge in [-0.2, -0.15) is 0 Å². The topological polar surface area (TPSA) is 95.6 Å². The van der Waals surface area contributed by atoms with Crippen LogP contribution in [0.4, 0.5) is 5.69 Å². The first-order chi connectivity index (χ1) is 14.5. The van der Waals surface area contributed by atoms with Crippen molar-refractivity contribution in [1.82, 2.24) is 5.16 Å². The third kappa shape index (κ3) is 2.83. The standard InChI is InChI=1S/C24H22N2O4/c1-14-11-20(30-26-14)22(28)21-18-8-5-16(12-19(18)25-23(21)29)15-3-6-17(7-4-15)24(13-27)9-2-10-24/h3-8,11-12,27-28H,2,9-10,13H2,1H3,(H,25,29). The van der Waals surface area contributed by atoms with Crippen LogP contribution < -0.4 is 5.32 Å². The van der Waals surface area contributed by atoms with E-state index in [4.69, 9.17) is 4.52 Å². The van der Waals surface area contributed by atoms with Gasteiger partial charge >= 0.3 is 0 Å². The highest BCUT2D eigenvalue weighted by atomic mass is 16.5. The van der Waals surface area contributed by atoms with E-state index in [0.29, 0.717) is 16.9 Å². The van der Waals surface area contributed by atoms with Crippen LogP contribution in [0.2, 0.25) is 0 Å². The molecule has 0 saturated heterocycles. The van der Waals surface area contributed by atoms with Gasteiger partial charge in [-0.25, -0.2) is 0 Å². The highest BCUT2D eigenvalue weighted by Gasteiger charge is 2.38. The quantitative estimate of drug-likeness (QED) is 0.443. The largest absolute Gasteiger partial charge is 0.504 e. The molecular formula is C24H22N2O4. The first-order valence-corrected chi connectivity index (χ1v) is 10.1. The van der Waals surface area contributed by atoms with Gasteiger partial charge in [0.05, 0.1) is 17.9 Å². The predicted octanol–water partition coefficient (Wildman–Crippen LogP) is 4.44. The summed E-state index contributed by atoms with van der Waals surface area (Å²) in [5.41, 5.74) is 5.15. The van der Waals surface area contributed by atoms with Gasteiger partial charge in [-0.1, -0.05) is 48.0 Å². The number of aromatic nitrogens is 1. The first kappa shape index (κ1) is 18.6. The Balaban J connectivity index is 1.48. The van der Waals surface area contributed by atoms with Crippen LogP contribution in [-0.2, 0) is 10.2 Å². The van der Waals surface area contributed by atoms with Gasteiger partial charge < -0.3 is 20.1 Å². The average Bonchev–Trinajstić information content (AvgIpc) is 3.29. The number of carbonyl (C=O) groups excluding carboxylic acids is 1. The van der Waals surface area contributed by atoms with Gasteiger partial charge in [-0.05, 0) is 42.5 Å². The van der Waals surface area contributed by atoms with Gasteiger partial charge in [0, 0.05) is 22.7 Å². The molecule has 1 aromatic heterocycles. The molecule has 6 heteroatoms. The van der Waals surface area contributed by atoms with E-state index < -0.39 is 0 Å². The second-order valence-corrected chi connectivity index (χ2v) is 8.14. The molecule has 5 rings (SSSR count). The summed E-state index contributed by atoms with van der Waals surface area (Å²) >= 11 is 0. The third-order valence-electron chi connectivity index (χ3n) is 6.31. The van der Waals surface area contributed by atoms with Crippen molar-refractivity contribution in [2.24, 2.45) is 0 Å². The van der Waals surface area contributed by atoms with Gasteiger partial charge in [0.15, 0.2) is 5.76 Å². The highest BCUT2D eigenvalue weighted by Crippen LogP contribution is 2.44. The zero-order valence-corrected chi connectivity index (χ0v) is 16.6. The van der Waals surface area contributed by atoms with Crippen LogP contribution in [0.25, 0.3) is 22.5 Å². The maximum absolute atomic E-state index is 12.5. The normalized spacial score (nSPS) is 18.5. The number of carbonyl (C=O) groups is 1. The molecular weight excluding hydrogens is 380 g/mol. The van der Waals surface area contributed by atoms with E-state index in [1.807, 2.05) is 18.2 Å². The molecule has 1 aliphatic heterocycles. The summed E-state index contributed by atoms with van der Waals surface area (Å²) in [6, 6.07) is 15.5. The number of amides is 1. The lowest BCUT2D eigenvalue weighted by atomic mass is 9.65. The van der Waals surface area contributed by atoms with Gasteiger partial charge in [-0.3, -0.25) is 4.79 Å². The SMILES string of the molecule is Cc1cc(C(O)=C2C(=O)Nc3cc(-c4ccc(C5(CO)CCC5)cc4)ccc32)on1. The molecule has 30 heavy (non-hydrogen) atoms. The number of aliphatic hydroxyl groups is 2. The number of aryl methyl sites for hydroxylation is 1. The average molecular weight is 402 g/mol. The van der Waals surface area contributed by atoms with Crippen LogP contribution in [0.3, 0.4) is 0 Å². The van der Waals surface area contributed by atoms with Crippen molar-refractivity contribution in [1.29, 1.82) is 0 Å². The summed E-state index contributed by atoms with van der Waals surface area (Å²) in [6.45, 7) is 1.93. The molecule has 152 valence electrons. The molecule has 1 amide bonds. The van der Waals surface area contributed by atoms with E-state index in [-0.39, 0.29) is 35.0 Å². The molecule has 0 unspecified atom stereocenters. The van der Waals surface area contributed by atoms with Crippen molar-refractivity contribution in [3.8, 4) is 11.1 Å². The number of benzene rings is 2. The number of hydrogen-bond acceptors (Lipinski definition) is 5. The number of nitrogens with zero attached hydrogens (tertiary/aromatic N) is 1. The molecule has 0 atom stereocenters. The van der Waals surface area contributed by atoms with Crippen LogP contribution in [0.5, 0.6) is 0 Å². The zero-order valence-electron chi connectivity index (χ0n) is 16.6. The minimum absolute atomic E-state index is 0.0826. The Labute approximate surface area is 173 Å². The molecule has 1 saturated carbocycles. The minimum Gasteiger partial charge on any atom is -0.504 e. The Morgan fingerprint density at radius 1 is 1.13 bits per heavy atom. The smallest absolute Gasteiger partial charge is 0.260 e. The number of hydrogen-bond donors (Lipinski definition) is 3. The number of fused-ring (bicyclic) bond motifs is 1. The molecule has 3 aromatic rings. The van der Waals surface area contributed by atoms with Crippen LogP contribution in [0, 0.1) is 6.92 Å². The second-order valence-electron chi connectivity index (χ2n) is 8.14. The van der Waals surface area contributed by atoms with Crippen molar-refractivity contribution in [2.75, 3.05) is 11.9 Å². The molecule has 0 radical (unpaired) electrons. The molecule has 0 bridgehead atoms. The monoisotopic (exact) mass is 402 g/mol. The third-order valence-corrected chi connectivity index (χ3v) is 6.31. The van der Waals surface area contributed by atoms with E-state index >= 15 is 0 Å². The van der Waals surface area contributed by atoms with E-state index in [9.17, 15) is 15.0 Å². The molecule has 1 aliphatic carbocycles. The number of nitrogens with one attached hydrogen (secondary N) is 1. The van der Waals surface area contributed by atoms with Crippen molar-refractivity contribution >= 4 is 22.9 Å². The predicted molar refractivity (Wildman–Crippen MR) is 114 cm³/mol. The van der Waals surface area contributed by atoms with Gasteiger partial charge in [0.1, 0.15) is 0 Å². The maximum Gasteiger partial charge on any atom is 0.260 e. The van der Waals surface area contributed by atoms with Gasteiger partial charge in [-0.15, -0.1) is 0 Å². The fourth-order valence-electron chi connectivity index (χ4n) is 4.34. The lowest BCUT2D eigenvalue weighted by Crippen LogP contribution is -2.37. The van der Waals surface area contributed by atoms with Crippen LogP contribution in [0.15, 0.2) is 53.1 Å². The molecule has 1 fully saturated rings. The summed E-state index contributed by atoms with van der Waals surface area (Å²) < 4.78 is 5.10. The Bertz CT molecular complexity index is 1160. The van der Waals surface area contributed by atoms with Crippen molar-refractivity contribution < 1.29 is 19.5 Å². The summed E-state index contributed by atoms with van der Waals surface area (Å²) in [6.07, 6.45) is 3.21. The Hall–Kier alpha value is -3.38.